The predicted octanol–water partition coefficient (Wildman–Crippen LogP) is 4.10. The third kappa shape index (κ3) is 3.65. The molecular weight excluding hydrogens is 378 g/mol. The summed E-state index contributed by atoms with van der Waals surface area (Å²) in [6.45, 7) is 0.840. The molecule has 0 saturated carbocycles. The van der Waals surface area contributed by atoms with E-state index in [0.717, 1.165) is 20.4 Å². The van der Waals surface area contributed by atoms with Gasteiger partial charge in [0.2, 0.25) is 0 Å². The molecule has 0 spiro atoms. The van der Waals surface area contributed by atoms with Crippen LogP contribution in [0.3, 0.4) is 0 Å². The zero-order valence-electron chi connectivity index (χ0n) is 9.57. The van der Waals surface area contributed by atoms with Crippen molar-refractivity contribution in [3.05, 3.63) is 55.1 Å². The summed E-state index contributed by atoms with van der Waals surface area (Å²) in [5.41, 5.74) is 1.11. The third-order valence-electron chi connectivity index (χ3n) is 2.60. The van der Waals surface area contributed by atoms with Crippen LogP contribution >= 0.6 is 43.2 Å². The van der Waals surface area contributed by atoms with E-state index in [0.29, 0.717) is 0 Å². The van der Waals surface area contributed by atoms with E-state index in [1.54, 1.807) is 11.3 Å². The van der Waals surface area contributed by atoms with Crippen molar-refractivity contribution < 1.29 is 5.11 Å². The van der Waals surface area contributed by atoms with Crippen LogP contribution in [0.1, 0.15) is 16.5 Å². The Hall–Kier alpha value is -0.200. The maximum absolute atomic E-state index is 9.44. The van der Waals surface area contributed by atoms with Crippen LogP contribution < -0.4 is 5.32 Å². The van der Waals surface area contributed by atoms with Crippen LogP contribution in [-0.4, -0.2) is 11.7 Å². The van der Waals surface area contributed by atoms with Crippen molar-refractivity contribution in [3.63, 3.8) is 0 Å². The Kier molecular flexibility index (Phi) is 5.38. The van der Waals surface area contributed by atoms with E-state index < -0.39 is 0 Å². The first-order valence-corrected chi connectivity index (χ1v) is 7.94. The minimum atomic E-state index is -0.0224. The number of aliphatic hydroxyl groups excluding tert-OH is 1. The molecular formula is C13H13Br2NOS. The monoisotopic (exact) mass is 389 g/mol. The van der Waals surface area contributed by atoms with Gasteiger partial charge in [0.15, 0.2) is 0 Å². The molecule has 1 atom stereocenters. The van der Waals surface area contributed by atoms with Crippen molar-refractivity contribution in [1.29, 1.82) is 0 Å². The molecule has 18 heavy (non-hydrogen) atoms. The molecule has 0 aliphatic rings. The first kappa shape index (κ1) is 14.2. The van der Waals surface area contributed by atoms with Crippen LogP contribution in [0.4, 0.5) is 0 Å². The molecule has 2 aromatic rings. The molecule has 1 aromatic heterocycles. The molecule has 5 heteroatoms. The fourth-order valence-corrected chi connectivity index (χ4v) is 3.80. The summed E-state index contributed by atoms with van der Waals surface area (Å²) in [5.74, 6) is 0. The van der Waals surface area contributed by atoms with Crippen molar-refractivity contribution in [2.24, 2.45) is 0 Å². The van der Waals surface area contributed by atoms with Gasteiger partial charge in [0.1, 0.15) is 0 Å². The second-order valence-corrected chi connectivity index (χ2v) is 7.17. The highest BCUT2D eigenvalue weighted by molar-refractivity contribution is 9.13. The summed E-state index contributed by atoms with van der Waals surface area (Å²) >= 11 is 8.64. The fourth-order valence-electron chi connectivity index (χ4n) is 1.68. The van der Waals surface area contributed by atoms with Crippen LogP contribution in [0.5, 0.6) is 0 Å². The molecule has 96 valence electrons. The number of aliphatic hydroxyl groups is 1. The Bertz CT molecular complexity index is 481. The number of thiophene rings is 1. The summed E-state index contributed by atoms with van der Waals surface area (Å²) in [6.07, 6.45) is 0. The van der Waals surface area contributed by atoms with Crippen molar-refractivity contribution >= 4 is 43.2 Å². The molecule has 0 radical (unpaired) electrons. The van der Waals surface area contributed by atoms with Gasteiger partial charge in [-0.2, -0.15) is 0 Å². The molecule has 0 amide bonds. The van der Waals surface area contributed by atoms with Gasteiger partial charge >= 0.3 is 0 Å². The Morgan fingerprint density at radius 1 is 1.22 bits per heavy atom. The van der Waals surface area contributed by atoms with Crippen LogP contribution in [-0.2, 0) is 6.54 Å². The molecule has 2 N–H and O–H groups in total. The van der Waals surface area contributed by atoms with Gasteiger partial charge in [-0.3, -0.25) is 0 Å². The molecule has 1 heterocycles. The lowest BCUT2D eigenvalue weighted by atomic mass is 10.1. The van der Waals surface area contributed by atoms with Gasteiger partial charge in [0.05, 0.1) is 16.4 Å². The molecule has 1 aromatic carbocycles. The first-order chi connectivity index (χ1) is 8.70. The molecule has 1 unspecified atom stereocenters. The third-order valence-corrected chi connectivity index (χ3v) is 5.86. The van der Waals surface area contributed by atoms with Crippen molar-refractivity contribution in [1.82, 2.24) is 5.32 Å². The number of nitrogens with one attached hydrogen (secondary N) is 1. The minimum absolute atomic E-state index is 0.0224. The molecule has 2 rings (SSSR count). The topological polar surface area (TPSA) is 32.3 Å². The molecule has 0 fully saturated rings. The minimum Gasteiger partial charge on any atom is -0.394 e. The van der Waals surface area contributed by atoms with E-state index in [1.165, 1.54) is 4.88 Å². The number of hydrogen-bond acceptors (Lipinski definition) is 3. The van der Waals surface area contributed by atoms with Gasteiger partial charge in [0, 0.05) is 15.9 Å². The summed E-state index contributed by atoms with van der Waals surface area (Å²) in [4.78, 5) is 1.23. The molecule has 0 aliphatic carbocycles. The lowest BCUT2D eigenvalue weighted by Gasteiger charge is -2.15. The highest BCUT2D eigenvalue weighted by atomic mass is 79.9. The van der Waals surface area contributed by atoms with Crippen molar-refractivity contribution in [3.8, 4) is 0 Å². The van der Waals surface area contributed by atoms with Crippen molar-refractivity contribution in [2.75, 3.05) is 6.61 Å². The van der Waals surface area contributed by atoms with Crippen LogP contribution in [0.25, 0.3) is 0 Å². The van der Waals surface area contributed by atoms with Crippen LogP contribution in [0.15, 0.2) is 44.7 Å². The molecule has 0 aliphatic heterocycles. The van der Waals surface area contributed by atoms with Gasteiger partial charge in [0.25, 0.3) is 0 Å². The first-order valence-electron chi connectivity index (χ1n) is 5.53. The van der Waals surface area contributed by atoms with Crippen LogP contribution in [0, 0.1) is 0 Å². The van der Waals surface area contributed by atoms with Gasteiger partial charge in [-0.25, -0.2) is 0 Å². The molecule has 0 bridgehead atoms. The van der Waals surface area contributed by atoms with Gasteiger partial charge < -0.3 is 10.4 Å². The van der Waals surface area contributed by atoms with E-state index in [2.05, 4.69) is 43.2 Å². The smallest absolute Gasteiger partial charge is 0.0843 e. The van der Waals surface area contributed by atoms with Gasteiger partial charge in [-0.15, -0.1) is 11.3 Å². The van der Waals surface area contributed by atoms with E-state index in [9.17, 15) is 5.11 Å². The maximum atomic E-state index is 9.44. The van der Waals surface area contributed by atoms with Crippen molar-refractivity contribution in [2.45, 2.75) is 12.6 Å². The van der Waals surface area contributed by atoms with E-state index in [1.807, 2.05) is 30.3 Å². The van der Waals surface area contributed by atoms with Gasteiger partial charge in [-0.1, -0.05) is 30.3 Å². The summed E-state index contributed by atoms with van der Waals surface area (Å²) in [7, 11) is 0. The SMILES string of the molecule is OCC(NCc1cc(Br)c(Br)s1)c1ccccc1. The second kappa shape index (κ2) is 6.82. The Morgan fingerprint density at radius 3 is 2.50 bits per heavy atom. The maximum Gasteiger partial charge on any atom is 0.0843 e. The number of rotatable bonds is 5. The summed E-state index contributed by atoms with van der Waals surface area (Å²) in [5, 5.41) is 12.8. The lowest BCUT2D eigenvalue weighted by molar-refractivity contribution is 0.244. The van der Waals surface area contributed by atoms with E-state index >= 15 is 0 Å². The largest absolute Gasteiger partial charge is 0.394 e. The number of halogens is 2. The normalized spacial score (nSPS) is 12.6. The number of benzene rings is 1. The van der Waals surface area contributed by atoms with E-state index in [-0.39, 0.29) is 12.6 Å². The second-order valence-electron chi connectivity index (χ2n) is 3.86. The Balaban J connectivity index is 1.99. The highest BCUT2D eigenvalue weighted by Gasteiger charge is 2.10. The molecule has 0 saturated heterocycles. The summed E-state index contributed by atoms with van der Waals surface area (Å²) in [6, 6.07) is 12.1. The van der Waals surface area contributed by atoms with Crippen LogP contribution in [0.2, 0.25) is 0 Å². The average Bonchev–Trinajstić information content (AvgIpc) is 2.71. The lowest BCUT2D eigenvalue weighted by Crippen LogP contribution is -2.23. The fraction of sp³-hybridized carbons (Fsp3) is 0.231. The Morgan fingerprint density at radius 2 is 1.94 bits per heavy atom. The average molecular weight is 391 g/mol. The summed E-state index contributed by atoms with van der Waals surface area (Å²) < 4.78 is 2.17. The quantitative estimate of drug-likeness (QED) is 0.805. The van der Waals surface area contributed by atoms with E-state index in [4.69, 9.17) is 0 Å². The Labute approximate surface area is 127 Å². The standard InChI is InChI=1S/C13H13Br2NOS/c14-11-6-10(18-13(11)15)7-16-12(8-17)9-4-2-1-3-5-9/h1-6,12,16-17H,7-8H2. The number of hydrogen-bond donors (Lipinski definition) is 2. The molecule has 2 nitrogen and oxygen atoms in total. The zero-order chi connectivity index (χ0) is 13.0. The zero-order valence-corrected chi connectivity index (χ0v) is 13.6. The highest BCUT2D eigenvalue weighted by Crippen LogP contribution is 2.32. The van der Waals surface area contributed by atoms with Gasteiger partial charge in [-0.05, 0) is 43.5 Å². The predicted molar refractivity (Wildman–Crippen MR) is 82.8 cm³/mol.